The molecule has 2 aromatic rings. The minimum absolute atomic E-state index is 0.0131. The summed E-state index contributed by atoms with van der Waals surface area (Å²) in [5, 5.41) is 3.07. The molecule has 0 aromatic heterocycles. The number of rotatable bonds is 3. The molecule has 1 aliphatic rings. The molecule has 3 rings (SSSR count). The molecule has 24 heavy (non-hydrogen) atoms. The quantitative estimate of drug-likeness (QED) is 0.733. The van der Waals surface area contributed by atoms with Crippen LogP contribution in [0.25, 0.3) is 11.3 Å². The fraction of sp³-hybridized carbons (Fsp3) is 0.158. The number of benzene rings is 2. The summed E-state index contributed by atoms with van der Waals surface area (Å²) in [5.74, 6) is -1.21. The molecule has 0 aliphatic carbocycles. The largest absolute Gasteiger partial charge is 0.497 e. The van der Waals surface area contributed by atoms with Crippen LogP contribution in [0.3, 0.4) is 0 Å². The van der Waals surface area contributed by atoms with Gasteiger partial charge < -0.3 is 10.1 Å². The second-order valence-corrected chi connectivity index (χ2v) is 6.61. The number of halogens is 3. The molecule has 1 aliphatic heterocycles. The lowest BCUT2D eigenvalue weighted by Crippen LogP contribution is -2.26. The Morgan fingerprint density at radius 1 is 1.17 bits per heavy atom. The lowest BCUT2D eigenvalue weighted by Gasteiger charge is -2.28. The van der Waals surface area contributed by atoms with Crippen molar-refractivity contribution in [1.29, 1.82) is 0 Å². The molecule has 0 amide bonds. The number of hydrogen-bond donors (Lipinski definition) is 1. The Bertz CT molecular complexity index is 794. The van der Waals surface area contributed by atoms with Crippen molar-refractivity contribution in [2.75, 3.05) is 7.11 Å². The smallest absolute Gasteiger partial charge is 0.139 e. The van der Waals surface area contributed by atoms with E-state index in [2.05, 4.69) is 27.8 Å². The Morgan fingerprint density at radius 3 is 2.38 bits per heavy atom. The lowest BCUT2D eigenvalue weighted by atomic mass is 9.91. The van der Waals surface area contributed by atoms with Crippen LogP contribution in [0.4, 0.5) is 8.78 Å². The molecule has 1 unspecified atom stereocenters. The number of ether oxygens (including phenoxy) is 1. The first-order valence-corrected chi connectivity index (χ1v) is 8.34. The maximum atomic E-state index is 14.6. The summed E-state index contributed by atoms with van der Waals surface area (Å²) in [7, 11) is 1.37. The van der Waals surface area contributed by atoms with Gasteiger partial charge in [-0.15, -0.1) is 0 Å². The SMILES string of the molecule is C=C1NC(c2c(F)cc(OC)cc2F)=C(c2ccccc2)CC1Br. The molecule has 0 saturated carbocycles. The standard InChI is InChI=1S/C19H16BrF2NO/c1-11-15(20)10-14(12-6-4-3-5-7-12)19(23-11)18-16(21)8-13(24-2)9-17(18)22/h3-9,15,23H,1,10H2,2H3. The first-order chi connectivity index (χ1) is 11.5. The van der Waals surface area contributed by atoms with E-state index in [9.17, 15) is 8.78 Å². The first-order valence-electron chi connectivity index (χ1n) is 7.43. The normalized spacial score (nSPS) is 17.7. The van der Waals surface area contributed by atoms with E-state index in [1.54, 1.807) is 0 Å². The fourth-order valence-electron chi connectivity index (χ4n) is 2.74. The third-order valence-corrected chi connectivity index (χ3v) is 4.85. The van der Waals surface area contributed by atoms with Crippen molar-refractivity contribution in [2.45, 2.75) is 11.2 Å². The van der Waals surface area contributed by atoms with Crippen LogP contribution in [-0.4, -0.2) is 11.9 Å². The van der Waals surface area contributed by atoms with Crippen LogP contribution in [0.15, 0.2) is 54.7 Å². The number of allylic oxidation sites excluding steroid dienone is 2. The highest BCUT2D eigenvalue weighted by Gasteiger charge is 2.27. The Morgan fingerprint density at radius 2 is 1.79 bits per heavy atom. The average Bonchev–Trinajstić information content (AvgIpc) is 2.57. The summed E-state index contributed by atoms with van der Waals surface area (Å²) in [6, 6.07) is 11.9. The van der Waals surface area contributed by atoms with Gasteiger partial charge in [-0.1, -0.05) is 52.8 Å². The Labute approximate surface area is 148 Å². The molecule has 0 saturated heterocycles. The molecule has 2 nitrogen and oxygen atoms in total. The van der Waals surface area contributed by atoms with E-state index in [0.717, 1.165) is 11.1 Å². The summed E-state index contributed by atoms with van der Waals surface area (Å²) in [5.41, 5.74) is 2.70. The number of hydrogen-bond acceptors (Lipinski definition) is 2. The van der Waals surface area contributed by atoms with Gasteiger partial charge in [0.1, 0.15) is 17.4 Å². The molecule has 1 heterocycles. The fourth-order valence-corrected chi connectivity index (χ4v) is 3.18. The van der Waals surface area contributed by atoms with Crippen molar-refractivity contribution in [3.63, 3.8) is 0 Å². The summed E-state index contributed by atoms with van der Waals surface area (Å²) < 4.78 is 34.0. The van der Waals surface area contributed by atoms with E-state index in [1.807, 2.05) is 30.3 Å². The van der Waals surface area contributed by atoms with E-state index < -0.39 is 11.6 Å². The molecule has 5 heteroatoms. The third kappa shape index (κ3) is 3.08. The highest BCUT2D eigenvalue weighted by atomic mass is 79.9. The zero-order valence-corrected chi connectivity index (χ0v) is 14.7. The van der Waals surface area contributed by atoms with E-state index in [-0.39, 0.29) is 16.1 Å². The highest BCUT2D eigenvalue weighted by Crippen LogP contribution is 2.38. The predicted octanol–water partition coefficient (Wildman–Crippen LogP) is 5.11. The van der Waals surface area contributed by atoms with Crippen LogP contribution < -0.4 is 10.1 Å². The van der Waals surface area contributed by atoms with Gasteiger partial charge in [-0.25, -0.2) is 8.78 Å². The van der Waals surface area contributed by atoms with Gasteiger partial charge in [-0.05, 0) is 17.6 Å². The van der Waals surface area contributed by atoms with Crippen LogP contribution in [0, 0.1) is 11.6 Å². The molecule has 0 bridgehead atoms. The molecular formula is C19H16BrF2NO. The van der Waals surface area contributed by atoms with Crippen LogP contribution in [-0.2, 0) is 0 Å². The monoisotopic (exact) mass is 391 g/mol. The Kier molecular flexibility index (Phi) is 4.71. The van der Waals surface area contributed by atoms with Crippen molar-refractivity contribution in [2.24, 2.45) is 0 Å². The zero-order valence-electron chi connectivity index (χ0n) is 13.1. The van der Waals surface area contributed by atoms with E-state index in [0.29, 0.717) is 17.8 Å². The minimum Gasteiger partial charge on any atom is -0.497 e. The van der Waals surface area contributed by atoms with E-state index >= 15 is 0 Å². The Hall–Kier alpha value is -2.14. The lowest BCUT2D eigenvalue weighted by molar-refractivity contribution is 0.406. The number of methoxy groups -OCH3 is 1. The molecule has 0 fully saturated rings. The van der Waals surface area contributed by atoms with Crippen molar-refractivity contribution in [3.8, 4) is 5.75 Å². The summed E-state index contributed by atoms with van der Waals surface area (Å²) in [6.45, 7) is 3.93. The molecule has 1 N–H and O–H groups in total. The highest BCUT2D eigenvalue weighted by molar-refractivity contribution is 9.09. The molecule has 124 valence electrons. The van der Waals surface area contributed by atoms with Gasteiger partial charge >= 0.3 is 0 Å². The average molecular weight is 392 g/mol. The minimum atomic E-state index is -0.677. The van der Waals surface area contributed by atoms with Crippen molar-refractivity contribution >= 4 is 27.2 Å². The van der Waals surface area contributed by atoms with Crippen LogP contribution >= 0.6 is 15.9 Å². The van der Waals surface area contributed by atoms with Crippen molar-refractivity contribution < 1.29 is 13.5 Å². The number of nitrogens with one attached hydrogen (secondary N) is 1. The summed E-state index contributed by atoms with van der Waals surface area (Å²) >= 11 is 3.55. The molecular weight excluding hydrogens is 376 g/mol. The van der Waals surface area contributed by atoms with E-state index in [4.69, 9.17) is 4.74 Å². The summed E-state index contributed by atoms with van der Waals surface area (Å²) in [6.07, 6.45) is 0.579. The second-order valence-electron chi connectivity index (χ2n) is 5.51. The van der Waals surface area contributed by atoms with Crippen LogP contribution in [0.2, 0.25) is 0 Å². The molecule has 0 spiro atoms. The van der Waals surface area contributed by atoms with Crippen LogP contribution in [0.1, 0.15) is 17.5 Å². The van der Waals surface area contributed by atoms with Crippen LogP contribution in [0.5, 0.6) is 5.75 Å². The first kappa shape index (κ1) is 16.7. The zero-order chi connectivity index (χ0) is 17.3. The molecule has 1 atom stereocenters. The van der Waals surface area contributed by atoms with Gasteiger partial charge in [-0.2, -0.15) is 0 Å². The summed E-state index contributed by atoms with van der Waals surface area (Å²) in [4.78, 5) is -0.0131. The van der Waals surface area contributed by atoms with Gasteiger partial charge in [0.05, 0.1) is 23.2 Å². The van der Waals surface area contributed by atoms with Gasteiger partial charge in [0.25, 0.3) is 0 Å². The third-order valence-electron chi connectivity index (χ3n) is 3.97. The Balaban J connectivity index is 2.23. The van der Waals surface area contributed by atoms with Gasteiger partial charge in [0.2, 0.25) is 0 Å². The van der Waals surface area contributed by atoms with Gasteiger partial charge in [-0.3, -0.25) is 0 Å². The number of alkyl halides is 1. The van der Waals surface area contributed by atoms with E-state index in [1.165, 1.54) is 19.2 Å². The topological polar surface area (TPSA) is 21.3 Å². The predicted molar refractivity (Wildman–Crippen MR) is 95.8 cm³/mol. The van der Waals surface area contributed by atoms with Crippen molar-refractivity contribution in [3.05, 3.63) is 77.5 Å². The van der Waals surface area contributed by atoms with Gasteiger partial charge in [0.15, 0.2) is 0 Å². The maximum absolute atomic E-state index is 14.6. The molecule has 0 radical (unpaired) electrons. The molecule has 2 aromatic carbocycles. The van der Waals surface area contributed by atoms with Crippen molar-refractivity contribution in [1.82, 2.24) is 5.32 Å². The maximum Gasteiger partial charge on any atom is 0.139 e. The second kappa shape index (κ2) is 6.77. The van der Waals surface area contributed by atoms with Gasteiger partial charge in [0, 0.05) is 17.8 Å².